The third-order valence-electron chi connectivity index (χ3n) is 3.22. The molecule has 1 saturated heterocycles. The van der Waals surface area contributed by atoms with E-state index in [0.29, 0.717) is 12.1 Å². The first-order valence-electron chi connectivity index (χ1n) is 5.71. The standard InChI is InChI=1S/C11H20N2O2/c1-13-6-8(11(14)15-2)5-10(7-13)12-9-3-4-9/h8-10,12H,3-7H2,1-2H3. The molecule has 2 fully saturated rings. The van der Waals surface area contributed by atoms with Gasteiger partial charge >= 0.3 is 5.97 Å². The molecular weight excluding hydrogens is 192 g/mol. The predicted octanol–water partition coefficient (Wildman–Crippen LogP) is 0.232. The topological polar surface area (TPSA) is 41.6 Å². The quantitative estimate of drug-likeness (QED) is 0.680. The molecule has 1 aliphatic carbocycles. The van der Waals surface area contributed by atoms with Crippen LogP contribution < -0.4 is 5.32 Å². The summed E-state index contributed by atoms with van der Waals surface area (Å²) in [5.41, 5.74) is 0. The lowest BCUT2D eigenvalue weighted by molar-refractivity contribution is -0.147. The highest BCUT2D eigenvalue weighted by Gasteiger charge is 2.33. The van der Waals surface area contributed by atoms with E-state index >= 15 is 0 Å². The Morgan fingerprint density at radius 3 is 2.67 bits per heavy atom. The summed E-state index contributed by atoms with van der Waals surface area (Å²) in [5.74, 6) is -0.0193. The van der Waals surface area contributed by atoms with E-state index in [4.69, 9.17) is 4.74 Å². The van der Waals surface area contributed by atoms with E-state index in [1.54, 1.807) is 0 Å². The molecule has 86 valence electrons. The van der Waals surface area contributed by atoms with Gasteiger partial charge < -0.3 is 15.0 Å². The number of likely N-dealkylation sites (N-methyl/N-ethyl adjacent to an activating group) is 1. The van der Waals surface area contributed by atoms with E-state index in [0.717, 1.165) is 19.5 Å². The molecule has 0 aromatic rings. The molecule has 1 heterocycles. The second kappa shape index (κ2) is 4.49. The summed E-state index contributed by atoms with van der Waals surface area (Å²) in [7, 11) is 3.54. The molecule has 0 amide bonds. The molecule has 0 aromatic heterocycles. The molecule has 0 aromatic carbocycles. The second-order valence-electron chi connectivity index (χ2n) is 4.81. The highest BCUT2D eigenvalue weighted by molar-refractivity contribution is 5.72. The van der Waals surface area contributed by atoms with Gasteiger partial charge in [-0.25, -0.2) is 0 Å². The summed E-state index contributed by atoms with van der Waals surface area (Å²) in [6, 6.07) is 1.17. The second-order valence-corrected chi connectivity index (χ2v) is 4.81. The first-order valence-corrected chi connectivity index (χ1v) is 5.71. The van der Waals surface area contributed by atoms with Crippen molar-refractivity contribution in [2.75, 3.05) is 27.2 Å². The number of esters is 1. The summed E-state index contributed by atoms with van der Waals surface area (Å²) in [4.78, 5) is 13.7. The number of hydrogen-bond donors (Lipinski definition) is 1. The van der Waals surface area contributed by atoms with Crippen LogP contribution in [-0.2, 0) is 9.53 Å². The number of hydrogen-bond acceptors (Lipinski definition) is 4. The van der Waals surface area contributed by atoms with Crippen molar-refractivity contribution in [1.82, 2.24) is 10.2 Å². The normalized spacial score (nSPS) is 32.7. The summed E-state index contributed by atoms with van der Waals surface area (Å²) in [6.07, 6.45) is 3.51. The Hall–Kier alpha value is -0.610. The van der Waals surface area contributed by atoms with Crippen LogP contribution in [0.25, 0.3) is 0 Å². The molecule has 0 bridgehead atoms. The molecule has 2 rings (SSSR count). The number of carbonyl (C=O) groups excluding carboxylic acids is 1. The SMILES string of the molecule is COC(=O)C1CC(NC2CC2)CN(C)C1. The lowest BCUT2D eigenvalue weighted by atomic mass is 9.94. The Morgan fingerprint density at radius 1 is 1.33 bits per heavy atom. The molecule has 4 heteroatoms. The lowest BCUT2D eigenvalue weighted by Crippen LogP contribution is -2.50. The lowest BCUT2D eigenvalue weighted by Gasteiger charge is -2.34. The van der Waals surface area contributed by atoms with Crippen LogP contribution in [0.15, 0.2) is 0 Å². The average Bonchev–Trinajstić information content (AvgIpc) is 2.99. The van der Waals surface area contributed by atoms with Gasteiger partial charge in [0.05, 0.1) is 13.0 Å². The van der Waals surface area contributed by atoms with Gasteiger partial charge in [-0.2, -0.15) is 0 Å². The Labute approximate surface area is 91.0 Å². The molecule has 1 aliphatic heterocycles. The van der Waals surface area contributed by atoms with Crippen LogP contribution in [0.3, 0.4) is 0 Å². The van der Waals surface area contributed by atoms with Crippen molar-refractivity contribution in [3.63, 3.8) is 0 Å². The Balaban J connectivity index is 1.87. The molecule has 2 aliphatic rings. The van der Waals surface area contributed by atoms with E-state index in [1.807, 2.05) is 0 Å². The van der Waals surface area contributed by atoms with Crippen molar-refractivity contribution >= 4 is 5.97 Å². The predicted molar refractivity (Wildman–Crippen MR) is 57.6 cm³/mol. The first kappa shape index (κ1) is 10.9. The van der Waals surface area contributed by atoms with E-state index in [1.165, 1.54) is 20.0 Å². The van der Waals surface area contributed by atoms with Gasteiger partial charge in [-0.3, -0.25) is 4.79 Å². The molecular formula is C11H20N2O2. The van der Waals surface area contributed by atoms with Crippen molar-refractivity contribution in [3.05, 3.63) is 0 Å². The third-order valence-corrected chi connectivity index (χ3v) is 3.22. The van der Waals surface area contributed by atoms with Crippen LogP contribution in [0.1, 0.15) is 19.3 Å². The number of carbonyl (C=O) groups is 1. The van der Waals surface area contributed by atoms with Crippen LogP contribution in [0.4, 0.5) is 0 Å². The Kier molecular flexibility index (Phi) is 3.26. The number of rotatable bonds is 3. The summed E-state index contributed by atoms with van der Waals surface area (Å²) >= 11 is 0. The highest BCUT2D eigenvalue weighted by atomic mass is 16.5. The van der Waals surface area contributed by atoms with Crippen LogP contribution >= 0.6 is 0 Å². The van der Waals surface area contributed by atoms with Gasteiger partial charge in [0.1, 0.15) is 0 Å². The number of piperidine rings is 1. The van der Waals surface area contributed by atoms with Crippen LogP contribution in [0.2, 0.25) is 0 Å². The number of nitrogens with zero attached hydrogens (tertiary/aromatic N) is 1. The molecule has 2 atom stereocenters. The maximum Gasteiger partial charge on any atom is 0.310 e. The van der Waals surface area contributed by atoms with Gasteiger partial charge in [0.15, 0.2) is 0 Å². The smallest absolute Gasteiger partial charge is 0.310 e. The first-order chi connectivity index (χ1) is 7.19. The molecule has 1 saturated carbocycles. The minimum absolute atomic E-state index is 0.0463. The Morgan fingerprint density at radius 2 is 2.07 bits per heavy atom. The number of methoxy groups -OCH3 is 1. The van der Waals surface area contributed by atoms with E-state index in [9.17, 15) is 4.79 Å². The van der Waals surface area contributed by atoms with Gasteiger partial charge in [0.2, 0.25) is 0 Å². The largest absolute Gasteiger partial charge is 0.469 e. The zero-order chi connectivity index (χ0) is 10.8. The van der Waals surface area contributed by atoms with Crippen molar-refractivity contribution in [2.45, 2.75) is 31.3 Å². The molecule has 4 nitrogen and oxygen atoms in total. The summed E-state index contributed by atoms with van der Waals surface area (Å²) in [6.45, 7) is 1.87. The van der Waals surface area contributed by atoms with E-state index in [-0.39, 0.29) is 11.9 Å². The number of ether oxygens (including phenoxy) is 1. The fourth-order valence-corrected chi connectivity index (χ4v) is 2.36. The van der Waals surface area contributed by atoms with E-state index < -0.39 is 0 Å². The minimum Gasteiger partial charge on any atom is -0.469 e. The van der Waals surface area contributed by atoms with Crippen molar-refractivity contribution in [3.8, 4) is 0 Å². The van der Waals surface area contributed by atoms with Crippen LogP contribution in [0.5, 0.6) is 0 Å². The zero-order valence-corrected chi connectivity index (χ0v) is 9.53. The fourth-order valence-electron chi connectivity index (χ4n) is 2.36. The number of nitrogens with one attached hydrogen (secondary N) is 1. The maximum absolute atomic E-state index is 11.5. The minimum atomic E-state index is -0.0656. The van der Waals surface area contributed by atoms with Gasteiger partial charge in [0.25, 0.3) is 0 Å². The van der Waals surface area contributed by atoms with Crippen LogP contribution in [0, 0.1) is 5.92 Å². The highest BCUT2D eigenvalue weighted by Crippen LogP contribution is 2.23. The monoisotopic (exact) mass is 212 g/mol. The fraction of sp³-hybridized carbons (Fsp3) is 0.909. The van der Waals surface area contributed by atoms with Gasteiger partial charge in [0, 0.05) is 25.2 Å². The molecule has 15 heavy (non-hydrogen) atoms. The molecule has 2 unspecified atom stereocenters. The van der Waals surface area contributed by atoms with Crippen molar-refractivity contribution in [2.24, 2.45) is 5.92 Å². The Bertz CT molecular complexity index is 239. The zero-order valence-electron chi connectivity index (χ0n) is 9.53. The van der Waals surface area contributed by atoms with Crippen molar-refractivity contribution in [1.29, 1.82) is 0 Å². The molecule has 0 radical (unpaired) electrons. The van der Waals surface area contributed by atoms with Crippen LogP contribution in [-0.4, -0.2) is 50.2 Å². The van der Waals surface area contributed by atoms with Gasteiger partial charge in [-0.05, 0) is 26.3 Å². The third kappa shape index (κ3) is 2.92. The van der Waals surface area contributed by atoms with E-state index in [2.05, 4.69) is 17.3 Å². The maximum atomic E-state index is 11.5. The average molecular weight is 212 g/mol. The van der Waals surface area contributed by atoms with Crippen molar-refractivity contribution < 1.29 is 9.53 Å². The van der Waals surface area contributed by atoms with Gasteiger partial charge in [-0.15, -0.1) is 0 Å². The summed E-state index contributed by atoms with van der Waals surface area (Å²) < 4.78 is 4.81. The number of likely N-dealkylation sites (tertiary alicyclic amines) is 1. The van der Waals surface area contributed by atoms with Gasteiger partial charge in [-0.1, -0.05) is 0 Å². The molecule has 0 spiro atoms. The molecule has 1 N–H and O–H groups in total. The summed E-state index contributed by atoms with van der Waals surface area (Å²) in [5, 5.41) is 3.58.